The Labute approximate surface area is 87.0 Å². The zero-order valence-electron chi connectivity index (χ0n) is 9.10. The standard InChI is InChI=1S/C12H22N2/c1-2-5-12(4-1)9-14(10-12)8-11-3-6-13-7-11/h11,13H,1-10H2. The van der Waals surface area contributed by atoms with Gasteiger partial charge in [0.15, 0.2) is 0 Å². The van der Waals surface area contributed by atoms with Crippen LogP contribution in [0.4, 0.5) is 0 Å². The third-order valence-corrected chi connectivity index (χ3v) is 4.46. The highest BCUT2D eigenvalue weighted by Crippen LogP contribution is 2.45. The van der Waals surface area contributed by atoms with E-state index in [4.69, 9.17) is 0 Å². The molecule has 1 aliphatic carbocycles. The van der Waals surface area contributed by atoms with Crippen LogP contribution in [-0.4, -0.2) is 37.6 Å². The van der Waals surface area contributed by atoms with Crippen LogP contribution in [0.1, 0.15) is 32.1 Å². The average molecular weight is 194 g/mol. The van der Waals surface area contributed by atoms with E-state index in [1.54, 1.807) is 0 Å². The fourth-order valence-corrected chi connectivity index (χ4v) is 3.71. The van der Waals surface area contributed by atoms with E-state index in [-0.39, 0.29) is 0 Å². The Hall–Kier alpha value is -0.0800. The number of nitrogens with zero attached hydrogens (tertiary/aromatic N) is 1. The first-order valence-electron chi connectivity index (χ1n) is 6.29. The Morgan fingerprint density at radius 2 is 2.00 bits per heavy atom. The average Bonchev–Trinajstić information content (AvgIpc) is 2.72. The van der Waals surface area contributed by atoms with Crippen molar-refractivity contribution in [2.24, 2.45) is 11.3 Å². The van der Waals surface area contributed by atoms with Crippen LogP contribution in [0.3, 0.4) is 0 Å². The zero-order chi connectivity index (χ0) is 9.43. The molecule has 1 atom stereocenters. The van der Waals surface area contributed by atoms with Crippen molar-refractivity contribution in [3.05, 3.63) is 0 Å². The Morgan fingerprint density at radius 1 is 1.21 bits per heavy atom. The van der Waals surface area contributed by atoms with Crippen LogP contribution < -0.4 is 5.32 Å². The summed E-state index contributed by atoms with van der Waals surface area (Å²) in [4.78, 5) is 2.70. The molecule has 2 heterocycles. The lowest BCUT2D eigenvalue weighted by Crippen LogP contribution is -2.56. The van der Waals surface area contributed by atoms with E-state index in [1.807, 2.05) is 0 Å². The van der Waals surface area contributed by atoms with Crippen molar-refractivity contribution in [2.75, 3.05) is 32.7 Å². The van der Waals surface area contributed by atoms with Gasteiger partial charge in [0.1, 0.15) is 0 Å². The van der Waals surface area contributed by atoms with Gasteiger partial charge in [-0.3, -0.25) is 0 Å². The predicted molar refractivity (Wildman–Crippen MR) is 58.3 cm³/mol. The summed E-state index contributed by atoms with van der Waals surface area (Å²) in [6.45, 7) is 6.73. The van der Waals surface area contributed by atoms with Crippen LogP contribution in [-0.2, 0) is 0 Å². The van der Waals surface area contributed by atoms with Gasteiger partial charge in [0, 0.05) is 19.6 Å². The molecule has 0 radical (unpaired) electrons. The summed E-state index contributed by atoms with van der Waals surface area (Å²) in [5.41, 5.74) is 0.798. The Balaban J connectivity index is 1.45. The molecule has 2 heteroatoms. The van der Waals surface area contributed by atoms with Gasteiger partial charge in [0.25, 0.3) is 0 Å². The third kappa shape index (κ3) is 1.59. The molecular formula is C12H22N2. The molecule has 0 aromatic rings. The smallest absolute Gasteiger partial charge is 0.00506 e. The minimum absolute atomic E-state index is 0.798. The van der Waals surface area contributed by atoms with E-state index in [9.17, 15) is 0 Å². The van der Waals surface area contributed by atoms with Crippen molar-refractivity contribution in [3.63, 3.8) is 0 Å². The van der Waals surface area contributed by atoms with Gasteiger partial charge >= 0.3 is 0 Å². The molecule has 3 rings (SSSR count). The largest absolute Gasteiger partial charge is 0.316 e. The number of nitrogens with one attached hydrogen (secondary N) is 1. The van der Waals surface area contributed by atoms with Crippen LogP contribution in [0.5, 0.6) is 0 Å². The molecule has 3 aliphatic rings. The molecule has 0 aromatic heterocycles. The van der Waals surface area contributed by atoms with Gasteiger partial charge in [-0.2, -0.15) is 0 Å². The van der Waals surface area contributed by atoms with Crippen LogP contribution in [0.2, 0.25) is 0 Å². The van der Waals surface area contributed by atoms with Crippen LogP contribution in [0, 0.1) is 11.3 Å². The second-order valence-corrected chi connectivity index (χ2v) is 5.74. The highest BCUT2D eigenvalue weighted by atomic mass is 15.2. The number of hydrogen-bond acceptors (Lipinski definition) is 2. The summed E-state index contributed by atoms with van der Waals surface area (Å²) in [7, 11) is 0. The summed E-state index contributed by atoms with van der Waals surface area (Å²) < 4.78 is 0. The Bertz CT molecular complexity index is 192. The van der Waals surface area contributed by atoms with E-state index in [1.165, 1.54) is 64.8 Å². The van der Waals surface area contributed by atoms with E-state index in [2.05, 4.69) is 10.2 Å². The van der Waals surface area contributed by atoms with Gasteiger partial charge < -0.3 is 10.2 Å². The number of rotatable bonds is 2. The highest BCUT2D eigenvalue weighted by molar-refractivity contribution is 4.98. The lowest BCUT2D eigenvalue weighted by Gasteiger charge is -2.49. The van der Waals surface area contributed by atoms with Crippen molar-refractivity contribution < 1.29 is 0 Å². The summed E-state index contributed by atoms with van der Waals surface area (Å²) in [6.07, 6.45) is 7.44. The molecule has 1 spiro atoms. The van der Waals surface area contributed by atoms with E-state index >= 15 is 0 Å². The summed E-state index contributed by atoms with van der Waals surface area (Å²) in [6, 6.07) is 0. The molecule has 2 saturated heterocycles. The molecule has 0 amide bonds. The van der Waals surface area contributed by atoms with Crippen molar-refractivity contribution in [1.29, 1.82) is 0 Å². The van der Waals surface area contributed by atoms with Crippen molar-refractivity contribution in [2.45, 2.75) is 32.1 Å². The van der Waals surface area contributed by atoms with E-state index < -0.39 is 0 Å². The van der Waals surface area contributed by atoms with Crippen LogP contribution >= 0.6 is 0 Å². The maximum atomic E-state index is 3.46. The maximum absolute atomic E-state index is 3.46. The maximum Gasteiger partial charge on any atom is 0.00506 e. The second-order valence-electron chi connectivity index (χ2n) is 5.74. The topological polar surface area (TPSA) is 15.3 Å². The number of hydrogen-bond donors (Lipinski definition) is 1. The lowest BCUT2D eigenvalue weighted by atomic mass is 9.78. The van der Waals surface area contributed by atoms with E-state index in [0.29, 0.717) is 0 Å². The summed E-state index contributed by atoms with van der Waals surface area (Å²) in [5, 5.41) is 3.46. The molecule has 80 valence electrons. The second kappa shape index (κ2) is 3.49. The van der Waals surface area contributed by atoms with Gasteiger partial charge in [-0.25, -0.2) is 0 Å². The first-order valence-corrected chi connectivity index (χ1v) is 6.29. The normalized spacial score (nSPS) is 36.4. The summed E-state index contributed by atoms with van der Waals surface area (Å²) >= 11 is 0. The summed E-state index contributed by atoms with van der Waals surface area (Å²) in [5.74, 6) is 0.953. The molecule has 2 aliphatic heterocycles. The highest BCUT2D eigenvalue weighted by Gasteiger charge is 2.44. The molecule has 0 bridgehead atoms. The SMILES string of the molecule is C1CCC2(C1)CN(CC1CCNC1)C2. The fraction of sp³-hybridized carbons (Fsp3) is 1.00. The van der Waals surface area contributed by atoms with E-state index in [0.717, 1.165) is 11.3 Å². The molecule has 14 heavy (non-hydrogen) atoms. The number of likely N-dealkylation sites (tertiary alicyclic amines) is 1. The van der Waals surface area contributed by atoms with Crippen molar-refractivity contribution in [3.8, 4) is 0 Å². The predicted octanol–water partition coefficient (Wildman–Crippen LogP) is 1.47. The quantitative estimate of drug-likeness (QED) is 0.716. The van der Waals surface area contributed by atoms with Crippen molar-refractivity contribution in [1.82, 2.24) is 10.2 Å². The van der Waals surface area contributed by atoms with Crippen LogP contribution in [0.15, 0.2) is 0 Å². The first-order chi connectivity index (χ1) is 6.86. The molecule has 0 aromatic carbocycles. The zero-order valence-corrected chi connectivity index (χ0v) is 9.10. The molecule has 1 saturated carbocycles. The third-order valence-electron chi connectivity index (χ3n) is 4.46. The molecule has 3 fully saturated rings. The first kappa shape index (κ1) is 9.17. The van der Waals surface area contributed by atoms with Gasteiger partial charge in [-0.1, -0.05) is 12.8 Å². The fourth-order valence-electron chi connectivity index (χ4n) is 3.71. The van der Waals surface area contributed by atoms with Gasteiger partial charge in [-0.05, 0) is 43.7 Å². The minimum atomic E-state index is 0.798. The van der Waals surface area contributed by atoms with Gasteiger partial charge in [0.05, 0.1) is 0 Å². The Kier molecular flexibility index (Phi) is 2.29. The van der Waals surface area contributed by atoms with Crippen molar-refractivity contribution >= 4 is 0 Å². The minimum Gasteiger partial charge on any atom is -0.316 e. The van der Waals surface area contributed by atoms with Crippen LogP contribution in [0.25, 0.3) is 0 Å². The molecule has 2 nitrogen and oxygen atoms in total. The van der Waals surface area contributed by atoms with Gasteiger partial charge in [0.2, 0.25) is 0 Å². The molecule has 1 unspecified atom stereocenters. The monoisotopic (exact) mass is 194 g/mol. The van der Waals surface area contributed by atoms with Gasteiger partial charge in [-0.15, -0.1) is 0 Å². The molecular weight excluding hydrogens is 172 g/mol. The Morgan fingerprint density at radius 3 is 2.64 bits per heavy atom. The molecule has 1 N–H and O–H groups in total. The lowest BCUT2D eigenvalue weighted by molar-refractivity contribution is -0.00306.